The van der Waals surface area contributed by atoms with Crippen molar-refractivity contribution < 1.29 is 4.79 Å². The van der Waals surface area contributed by atoms with Crippen molar-refractivity contribution in [2.75, 3.05) is 6.54 Å². The number of nitrogens with one attached hydrogen (secondary N) is 1. The van der Waals surface area contributed by atoms with Gasteiger partial charge in [0.1, 0.15) is 0 Å². The molecule has 1 unspecified atom stereocenters. The van der Waals surface area contributed by atoms with Gasteiger partial charge in [-0.25, -0.2) is 0 Å². The lowest BCUT2D eigenvalue weighted by Crippen LogP contribution is -2.32. The van der Waals surface area contributed by atoms with Crippen LogP contribution in [0.2, 0.25) is 0 Å². The average Bonchev–Trinajstić information content (AvgIpc) is 2.84. The number of hydrogen-bond donors (Lipinski definition) is 2. The van der Waals surface area contributed by atoms with Crippen molar-refractivity contribution in [2.45, 2.75) is 19.4 Å². The SMILES string of the molecule is Cc1ccc(CNC(=O)C(CN)c2ccccc2)s1. The van der Waals surface area contributed by atoms with Gasteiger partial charge in [-0.05, 0) is 24.6 Å². The van der Waals surface area contributed by atoms with Crippen LogP contribution < -0.4 is 11.1 Å². The molecular formula is C15H18N2OS. The fourth-order valence-corrected chi connectivity index (χ4v) is 2.79. The van der Waals surface area contributed by atoms with Gasteiger partial charge >= 0.3 is 0 Å². The van der Waals surface area contributed by atoms with Crippen molar-refractivity contribution in [1.29, 1.82) is 0 Å². The smallest absolute Gasteiger partial charge is 0.229 e. The van der Waals surface area contributed by atoms with E-state index in [0.29, 0.717) is 13.1 Å². The van der Waals surface area contributed by atoms with E-state index in [1.54, 1.807) is 11.3 Å². The molecule has 2 rings (SSSR count). The third-order valence-electron chi connectivity index (χ3n) is 2.99. The summed E-state index contributed by atoms with van der Waals surface area (Å²) in [5, 5.41) is 2.95. The Morgan fingerprint density at radius 1 is 1.26 bits per heavy atom. The van der Waals surface area contributed by atoms with Gasteiger partial charge in [0.2, 0.25) is 5.91 Å². The first-order valence-corrected chi connectivity index (χ1v) is 7.10. The normalized spacial score (nSPS) is 12.1. The number of nitrogens with two attached hydrogens (primary N) is 1. The number of rotatable bonds is 5. The van der Waals surface area contributed by atoms with Crippen molar-refractivity contribution >= 4 is 17.2 Å². The molecule has 1 aromatic carbocycles. The third-order valence-corrected chi connectivity index (χ3v) is 3.99. The first-order chi connectivity index (χ1) is 9.20. The Kier molecular flexibility index (Phi) is 4.71. The second-order valence-electron chi connectivity index (χ2n) is 4.43. The Morgan fingerprint density at radius 2 is 2.00 bits per heavy atom. The van der Waals surface area contributed by atoms with E-state index in [1.165, 1.54) is 4.88 Å². The number of thiophene rings is 1. The Hall–Kier alpha value is -1.65. The molecule has 19 heavy (non-hydrogen) atoms. The molecule has 0 aliphatic heterocycles. The monoisotopic (exact) mass is 274 g/mol. The van der Waals surface area contributed by atoms with E-state index in [1.807, 2.05) is 36.4 Å². The van der Waals surface area contributed by atoms with E-state index < -0.39 is 0 Å². The van der Waals surface area contributed by atoms with Crippen LogP contribution in [0.15, 0.2) is 42.5 Å². The first kappa shape index (κ1) is 13.8. The Bertz CT molecular complexity index is 536. The summed E-state index contributed by atoms with van der Waals surface area (Å²) in [6.45, 7) is 2.95. The summed E-state index contributed by atoms with van der Waals surface area (Å²) in [5.41, 5.74) is 6.68. The van der Waals surface area contributed by atoms with Gasteiger partial charge in [-0.1, -0.05) is 30.3 Å². The molecular weight excluding hydrogens is 256 g/mol. The van der Waals surface area contributed by atoms with E-state index in [0.717, 1.165) is 10.4 Å². The second kappa shape index (κ2) is 6.50. The summed E-state index contributed by atoms with van der Waals surface area (Å²) in [5.74, 6) is -0.290. The molecule has 0 saturated carbocycles. The number of benzene rings is 1. The first-order valence-electron chi connectivity index (χ1n) is 6.28. The van der Waals surface area contributed by atoms with Crippen molar-refractivity contribution in [3.05, 3.63) is 57.8 Å². The number of hydrogen-bond acceptors (Lipinski definition) is 3. The lowest BCUT2D eigenvalue weighted by atomic mass is 9.98. The van der Waals surface area contributed by atoms with Gasteiger partial charge in [-0.2, -0.15) is 0 Å². The predicted octanol–water partition coefficient (Wildman–Crippen LogP) is 2.42. The Labute approximate surface area is 117 Å². The molecule has 0 fully saturated rings. The minimum atomic E-state index is -0.276. The van der Waals surface area contributed by atoms with Gasteiger partial charge in [0.15, 0.2) is 0 Å². The van der Waals surface area contributed by atoms with E-state index >= 15 is 0 Å². The van der Waals surface area contributed by atoms with Gasteiger partial charge in [-0.3, -0.25) is 4.79 Å². The number of aryl methyl sites for hydroxylation is 1. The summed E-state index contributed by atoms with van der Waals surface area (Å²) in [6, 6.07) is 13.8. The van der Waals surface area contributed by atoms with Gasteiger partial charge < -0.3 is 11.1 Å². The van der Waals surface area contributed by atoms with Gasteiger partial charge in [-0.15, -0.1) is 11.3 Å². The molecule has 4 heteroatoms. The zero-order valence-corrected chi connectivity index (χ0v) is 11.7. The zero-order chi connectivity index (χ0) is 13.7. The molecule has 0 aliphatic carbocycles. The van der Waals surface area contributed by atoms with E-state index in [9.17, 15) is 4.79 Å². The van der Waals surface area contributed by atoms with Crippen molar-refractivity contribution in [3.63, 3.8) is 0 Å². The maximum atomic E-state index is 12.2. The highest BCUT2D eigenvalue weighted by Crippen LogP contribution is 2.17. The summed E-state index contributed by atoms with van der Waals surface area (Å²) < 4.78 is 0. The van der Waals surface area contributed by atoms with Gasteiger partial charge in [0.25, 0.3) is 0 Å². The van der Waals surface area contributed by atoms with Crippen LogP contribution in [0, 0.1) is 6.92 Å². The Balaban J connectivity index is 1.98. The minimum absolute atomic E-state index is 0.0141. The molecule has 3 nitrogen and oxygen atoms in total. The molecule has 100 valence electrons. The summed E-state index contributed by atoms with van der Waals surface area (Å²) in [4.78, 5) is 14.6. The third kappa shape index (κ3) is 3.66. The van der Waals surface area contributed by atoms with Gasteiger partial charge in [0, 0.05) is 16.3 Å². The molecule has 0 aliphatic rings. The molecule has 0 radical (unpaired) electrons. The highest BCUT2D eigenvalue weighted by atomic mass is 32.1. The maximum Gasteiger partial charge on any atom is 0.229 e. The quantitative estimate of drug-likeness (QED) is 0.879. The number of amides is 1. The highest BCUT2D eigenvalue weighted by molar-refractivity contribution is 7.11. The lowest BCUT2D eigenvalue weighted by molar-refractivity contribution is -0.122. The molecule has 0 saturated heterocycles. The number of carbonyl (C=O) groups is 1. The van der Waals surface area contributed by atoms with Crippen molar-refractivity contribution in [2.24, 2.45) is 5.73 Å². The van der Waals surface area contributed by atoms with E-state index in [4.69, 9.17) is 5.73 Å². The van der Waals surface area contributed by atoms with Crippen LogP contribution in [-0.4, -0.2) is 12.5 Å². The maximum absolute atomic E-state index is 12.2. The summed E-state index contributed by atoms with van der Waals surface area (Å²) in [6.07, 6.45) is 0. The fraction of sp³-hybridized carbons (Fsp3) is 0.267. The molecule has 1 atom stereocenters. The molecule has 0 spiro atoms. The van der Waals surface area contributed by atoms with Crippen molar-refractivity contribution in [3.8, 4) is 0 Å². The molecule has 2 aromatic rings. The van der Waals surface area contributed by atoms with Gasteiger partial charge in [0.05, 0.1) is 12.5 Å². The lowest BCUT2D eigenvalue weighted by Gasteiger charge is -2.14. The predicted molar refractivity (Wildman–Crippen MR) is 79.1 cm³/mol. The van der Waals surface area contributed by atoms with Crippen LogP contribution in [0.3, 0.4) is 0 Å². The van der Waals surface area contributed by atoms with Crippen LogP contribution in [0.1, 0.15) is 21.2 Å². The topological polar surface area (TPSA) is 55.1 Å². The summed E-state index contributed by atoms with van der Waals surface area (Å²) in [7, 11) is 0. The van der Waals surface area contributed by atoms with Crippen LogP contribution >= 0.6 is 11.3 Å². The Morgan fingerprint density at radius 3 is 2.58 bits per heavy atom. The van der Waals surface area contributed by atoms with Crippen LogP contribution in [-0.2, 0) is 11.3 Å². The van der Waals surface area contributed by atoms with Crippen LogP contribution in [0.4, 0.5) is 0 Å². The molecule has 1 amide bonds. The highest BCUT2D eigenvalue weighted by Gasteiger charge is 2.18. The van der Waals surface area contributed by atoms with Crippen LogP contribution in [0.5, 0.6) is 0 Å². The second-order valence-corrected chi connectivity index (χ2v) is 5.80. The van der Waals surface area contributed by atoms with Crippen molar-refractivity contribution in [1.82, 2.24) is 5.32 Å². The molecule has 1 aromatic heterocycles. The minimum Gasteiger partial charge on any atom is -0.351 e. The van der Waals surface area contributed by atoms with Crippen LogP contribution in [0.25, 0.3) is 0 Å². The largest absolute Gasteiger partial charge is 0.351 e. The zero-order valence-electron chi connectivity index (χ0n) is 10.9. The standard InChI is InChI=1S/C15H18N2OS/c1-11-7-8-13(19-11)10-17-15(18)14(9-16)12-5-3-2-4-6-12/h2-8,14H,9-10,16H2,1H3,(H,17,18). The fourth-order valence-electron chi connectivity index (χ4n) is 1.96. The molecule has 1 heterocycles. The average molecular weight is 274 g/mol. The van der Waals surface area contributed by atoms with E-state index in [2.05, 4.69) is 18.3 Å². The van der Waals surface area contributed by atoms with E-state index in [-0.39, 0.29) is 11.8 Å². The number of carbonyl (C=O) groups excluding carboxylic acids is 1. The summed E-state index contributed by atoms with van der Waals surface area (Å²) >= 11 is 1.70. The molecule has 3 N–H and O–H groups in total. The molecule has 0 bridgehead atoms.